The second kappa shape index (κ2) is 6.95. The lowest BCUT2D eigenvalue weighted by molar-refractivity contribution is -0.130. The molecule has 5 heteroatoms. The molecule has 1 saturated heterocycles. The summed E-state index contributed by atoms with van der Waals surface area (Å²) in [6, 6.07) is 15.2. The van der Waals surface area contributed by atoms with Crippen LogP contribution in [0, 0.1) is 11.3 Å². The first-order valence-corrected chi connectivity index (χ1v) is 7.42. The van der Waals surface area contributed by atoms with E-state index in [1.165, 1.54) is 6.08 Å². The number of furan rings is 1. The van der Waals surface area contributed by atoms with Crippen LogP contribution < -0.4 is 0 Å². The van der Waals surface area contributed by atoms with Crippen LogP contribution in [-0.2, 0) is 9.53 Å². The van der Waals surface area contributed by atoms with Crippen molar-refractivity contribution in [1.82, 2.24) is 4.90 Å². The predicted molar refractivity (Wildman–Crippen MR) is 85.1 cm³/mol. The number of amides is 1. The molecular weight excluding hydrogens is 292 g/mol. The second-order valence-electron chi connectivity index (χ2n) is 5.14. The van der Waals surface area contributed by atoms with Crippen molar-refractivity contribution in [2.24, 2.45) is 0 Å². The first kappa shape index (κ1) is 15.1. The summed E-state index contributed by atoms with van der Waals surface area (Å²) in [5.41, 5.74) is 1.02. The first-order chi connectivity index (χ1) is 11.3. The highest BCUT2D eigenvalue weighted by Crippen LogP contribution is 2.23. The maximum atomic E-state index is 12.3. The molecule has 5 nitrogen and oxygen atoms in total. The molecule has 0 saturated carbocycles. The maximum Gasteiger partial charge on any atom is 0.264 e. The molecule has 1 fully saturated rings. The van der Waals surface area contributed by atoms with E-state index in [0.29, 0.717) is 37.8 Å². The number of hydrogen-bond acceptors (Lipinski definition) is 4. The van der Waals surface area contributed by atoms with E-state index in [0.717, 1.165) is 5.56 Å². The monoisotopic (exact) mass is 308 g/mol. The zero-order chi connectivity index (χ0) is 16.1. The highest BCUT2D eigenvalue weighted by molar-refractivity contribution is 6.01. The molecule has 0 aliphatic carbocycles. The van der Waals surface area contributed by atoms with Crippen molar-refractivity contribution < 1.29 is 13.9 Å². The molecule has 1 aromatic carbocycles. The van der Waals surface area contributed by atoms with Gasteiger partial charge in [-0.05, 0) is 12.1 Å². The molecule has 0 atom stereocenters. The maximum absolute atomic E-state index is 12.3. The van der Waals surface area contributed by atoms with E-state index in [2.05, 4.69) is 0 Å². The summed E-state index contributed by atoms with van der Waals surface area (Å²) in [6.45, 7) is 2.02. The minimum Gasteiger partial charge on any atom is -0.457 e. The van der Waals surface area contributed by atoms with Crippen LogP contribution in [-0.4, -0.2) is 37.1 Å². The molecule has 1 amide bonds. The largest absolute Gasteiger partial charge is 0.457 e. The summed E-state index contributed by atoms with van der Waals surface area (Å²) in [5, 5.41) is 9.27. The molecule has 2 heterocycles. The van der Waals surface area contributed by atoms with Gasteiger partial charge in [0.05, 0.1) is 13.2 Å². The normalized spacial score (nSPS) is 15.3. The van der Waals surface area contributed by atoms with Gasteiger partial charge in [0.1, 0.15) is 23.2 Å². The Morgan fingerprint density at radius 1 is 1.13 bits per heavy atom. The molecule has 1 aliphatic rings. The van der Waals surface area contributed by atoms with Gasteiger partial charge in [0.25, 0.3) is 5.91 Å². The fourth-order valence-electron chi connectivity index (χ4n) is 2.41. The number of carbonyl (C=O) groups is 1. The average Bonchev–Trinajstić information content (AvgIpc) is 3.09. The molecule has 0 N–H and O–H groups in total. The molecular formula is C18H16N2O3. The fourth-order valence-corrected chi connectivity index (χ4v) is 2.41. The molecule has 2 aromatic rings. The van der Waals surface area contributed by atoms with E-state index < -0.39 is 0 Å². The molecule has 116 valence electrons. The van der Waals surface area contributed by atoms with Crippen LogP contribution in [0.25, 0.3) is 17.4 Å². The fraction of sp³-hybridized carbons (Fsp3) is 0.222. The highest BCUT2D eigenvalue weighted by Gasteiger charge is 2.21. The zero-order valence-electron chi connectivity index (χ0n) is 12.6. The van der Waals surface area contributed by atoms with Crippen molar-refractivity contribution in [2.45, 2.75) is 0 Å². The van der Waals surface area contributed by atoms with E-state index in [-0.39, 0.29) is 11.5 Å². The Balaban J connectivity index is 1.80. The third-order valence-corrected chi connectivity index (χ3v) is 3.62. The van der Waals surface area contributed by atoms with E-state index >= 15 is 0 Å². The molecule has 0 spiro atoms. The number of nitrogens with zero attached hydrogens (tertiary/aromatic N) is 2. The Bertz CT molecular complexity index is 750. The van der Waals surface area contributed by atoms with Gasteiger partial charge in [0, 0.05) is 24.7 Å². The number of nitriles is 1. The van der Waals surface area contributed by atoms with Gasteiger partial charge >= 0.3 is 0 Å². The quantitative estimate of drug-likeness (QED) is 0.646. The molecule has 0 unspecified atom stereocenters. The van der Waals surface area contributed by atoms with Crippen LogP contribution in [0.2, 0.25) is 0 Å². The van der Waals surface area contributed by atoms with Crippen molar-refractivity contribution in [3.05, 3.63) is 53.8 Å². The van der Waals surface area contributed by atoms with Crippen molar-refractivity contribution in [3.8, 4) is 17.4 Å². The second-order valence-corrected chi connectivity index (χ2v) is 5.14. The number of rotatable bonds is 3. The van der Waals surface area contributed by atoms with Crippen LogP contribution in [0.3, 0.4) is 0 Å². The summed E-state index contributed by atoms with van der Waals surface area (Å²) in [6.07, 6.45) is 1.49. The number of morpholine rings is 1. The standard InChI is InChI=1S/C18H16N2O3/c19-13-15(18(21)20-8-10-22-11-9-20)12-16-6-7-17(23-16)14-4-2-1-3-5-14/h1-7,12H,8-11H2. The Labute approximate surface area is 134 Å². The van der Waals surface area contributed by atoms with Crippen LogP contribution in [0.4, 0.5) is 0 Å². The SMILES string of the molecule is N#CC(=Cc1ccc(-c2ccccc2)o1)C(=O)N1CCOCC1. The molecule has 0 radical (unpaired) electrons. The van der Waals surface area contributed by atoms with Crippen LogP contribution in [0.15, 0.2) is 52.5 Å². The topological polar surface area (TPSA) is 66.5 Å². The average molecular weight is 308 g/mol. The third-order valence-electron chi connectivity index (χ3n) is 3.62. The molecule has 23 heavy (non-hydrogen) atoms. The van der Waals surface area contributed by atoms with Crippen LogP contribution >= 0.6 is 0 Å². The lowest BCUT2D eigenvalue weighted by Crippen LogP contribution is -2.41. The van der Waals surface area contributed by atoms with E-state index in [1.54, 1.807) is 11.0 Å². The summed E-state index contributed by atoms with van der Waals surface area (Å²) in [5.74, 6) is 0.906. The van der Waals surface area contributed by atoms with Gasteiger partial charge < -0.3 is 14.1 Å². The first-order valence-electron chi connectivity index (χ1n) is 7.42. The minimum atomic E-state index is -0.284. The summed E-state index contributed by atoms with van der Waals surface area (Å²) in [4.78, 5) is 14.0. The molecule has 0 bridgehead atoms. The van der Waals surface area contributed by atoms with Gasteiger partial charge in [-0.2, -0.15) is 5.26 Å². The van der Waals surface area contributed by atoms with Crippen LogP contribution in [0.5, 0.6) is 0 Å². The minimum absolute atomic E-state index is 0.0702. The lowest BCUT2D eigenvalue weighted by atomic mass is 10.2. The van der Waals surface area contributed by atoms with Crippen molar-refractivity contribution in [1.29, 1.82) is 5.26 Å². The zero-order valence-corrected chi connectivity index (χ0v) is 12.6. The number of benzene rings is 1. The van der Waals surface area contributed by atoms with Gasteiger partial charge in [0.15, 0.2) is 0 Å². The smallest absolute Gasteiger partial charge is 0.264 e. The predicted octanol–water partition coefficient (Wildman–Crippen LogP) is 2.71. The van der Waals surface area contributed by atoms with Gasteiger partial charge in [-0.25, -0.2) is 0 Å². The molecule has 3 rings (SSSR count). The Hall–Kier alpha value is -2.84. The van der Waals surface area contributed by atoms with E-state index in [9.17, 15) is 10.1 Å². The lowest BCUT2D eigenvalue weighted by Gasteiger charge is -2.26. The highest BCUT2D eigenvalue weighted by atomic mass is 16.5. The van der Waals surface area contributed by atoms with Gasteiger partial charge in [-0.15, -0.1) is 0 Å². The Morgan fingerprint density at radius 3 is 2.57 bits per heavy atom. The summed E-state index contributed by atoms with van der Waals surface area (Å²) < 4.78 is 10.9. The Morgan fingerprint density at radius 2 is 1.87 bits per heavy atom. The summed E-state index contributed by atoms with van der Waals surface area (Å²) >= 11 is 0. The Kier molecular flexibility index (Phi) is 4.55. The third kappa shape index (κ3) is 3.50. The van der Waals surface area contributed by atoms with Crippen LogP contribution in [0.1, 0.15) is 5.76 Å². The van der Waals surface area contributed by atoms with Gasteiger partial charge in [0.2, 0.25) is 0 Å². The van der Waals surface area contributed by atoms with Crippen molar-refractivity contribution in [2.75, 3.05) is 26.3 Å². The molecule has 1 aliphatic heterocycles. The van der Waals surface area contributed by atoms with Gasteiger partial charge in [-0.1, -0.05) is 30.3 Å². The van der Waals surface area contributed by atoms with Gasteiger partial charge in [-0.3, -0.25) is 4.79 Å². The molecule has 1 aromatic heterocycles. The van der Waals surface area contributed by atoms with E-state index in [4.69, 9.17) is 9.15 Å². The number of hydrogen-bond donors (Lipinski definition) is 0. The van der Waals surface area contributed by atoms with E-state index in [1.807, 2.05) is 42.5 Å². The number of carbonyl (C=O) groups excluding carboxylic acids is 1. The number of ether oxygens (including phenoxy) is 1. The van der Waals surface area contributed by atoms with Crippen molar-refractivity contribution in [3.63, 3.8) is 0 Å². The summed E-state index contributed by atoms with van der Waals surface area (Å²) in [7, 11) is 0. The van der Waals surface area contributed by atoms with Crippen molar-refractivity contribution >= 4 is 12.0 Å².